The number of urea groups is 1. The van der Waals surface area contributed by atoms with E-state index in [4.69, 9.17) is 14.6 Å². The van der Waals surface area contributed by atoms with Crippen molar-refractivity contribution < 1.29 is 37.7 Å². The van der Waals surface area contributed by atoms with Crippen LogP contribution in [0.3, 0.4) is 0 Å². The van der Waals surface area contributed by atoms with Gasteiger partial charge in [-0.1, -0.05) is 6.07 Å². The molecule has 11 heteroatoms. The molecule has 0 saturated heterocycles. The average Bonchev–Trinajstić information content (AvgIpc) is 2.69. The number of nitrogens with zero attached hydrogens (tertiary/aromatic N) is 1. The largest absolute Gasteiger partial charge is 0.466 e. The van der Waals surface area contributed by atoms with Crippen molar-refractivity contribution in [2.75, 3.05) is 27.4 Å². The molecular weight excluding hydrogens is 392 g/mol. The van der Waals surface area contributed by atoms with E-state index in [-0.39, 0.29) is 42.9 Å². The van der Waals surface area contributed by atoms with Crippen molar-refractivity contribution in [1.82, 2.24) is 15.8 Å². The second-order valence-corrected chi connectivity index (χ2v) is 6.06. The molecule has 1 aliphatic heterocycles. The maximum Gasteiger partial charge on any atom is 0.341 e. The van der Waals surface area contributed by atoms with Gasteiger partial charge in [-0.15, -0.1) is 0 Å². The summed E-state index contributed by atoms with van der Waals surface area (Å²) in [5, 5.41) is 12.1. The van der Waals surface area contributed by atoms with Crippen molar-refractivity contribution in [3.63, 3.8) is 0 Å². The minimum Gasteiger partial charge on any atom is -0.466 e. The molecule has 1 aromatic carbocycles. The number of hydrogen-bond donors (Lipinski definition) is 3. The van der Waals surface area contributed by atoms with Crippen molar-refractivity contribution in [2.45, 2.75) is 18.9 Å². The molecule has 1 aromatic rings. The van der Waals surface area contributed by atoms with Gasteiger partial charge in [-0.05, 0) is 24.1 Å². The van der Waals surface area contributed by atoms with E-state index in [0.29, 0.717) is 0 Å². The zero-order valence-corrected chi connectivity index (χ0v) is 15.8. The van der Waals surface area contributed by atoms with E-state index in [1.54, 1.807) is 0 Å². The van der Waals surface area contributed by atoms with E-state index in [0.717, 1.165) is 24.3 Å². The Morgan fingerprint density at radius 3 is 2.59 bits per heavy atom. The lowest BCUT2D eigenvalue weighted by atomic mass is 9.94. The molecule has 0 bridgehead atoms. The second-order valence-electron chi connectivity index (χ2n) is 6.06. The van der Waals surface area contributed by atoms with Crippen LogP contribution in [0, 0.1) is 11.6 Å². The maximum atomic E-state index is 13.9. The highest BCUT2D eigenvalue weighted by atomic mass is 19.2. The molecule has 1 unspecified atom stereocenters. The molecule has 1 atom stereocenters. The van der Waals surface area contributed by atoms with Crippen LogP contribution >= 0.6 is 0 Å². The van der Waals surface area contributed by atoms with E-state index < -0.39 is 35.6 Å². The lowest BCUT2D eigenvalue weighted by Crippen LogP contribution is -2.57. The summed E-state index contributed by atoms with van der Waals surface area (Å²) < 4.78 is 37.1. The first-order valence-corrected chi connectivity index (χ1v) is 8.59. The van der Waals surface area contributed by atoms with Crippen molar-refractivity contribution >= 4 is 17.9 Å². The zero-order valence-electron chi connectivity index (χ0n) is 15.8. The van der Waals surface area contributed by atoms with Gasteiger partial charge in [0.2, 0.25) is 5.91 Å². The Hall–Kier alpha value is -3.05. The predicted octanol–water partition coefficient (Wildman–Crippen LogP) is 0.908. The quantitative estimate of drug-likeness (QED) is 0.546. The number of aliphatic hydroxyl groups excluding tert-OH is 1. The number of esters is 1. The molecule has 29 heavy (non-hydrogen) atoms. The third-order valence-electron chi connectivity index (χ3n) is 4.09. The summed E-state index contributed by atoms with van der Waals surface area (Å²) >= 11 is 0. The number of benzene rings is 1. The standard InChI is InChI=1S/C18H21F2N3O6/c1-28-9-13-15(17(26)29-2)16(10-5-6-11(19)12(20)8-10)23(18(27)21-13)22-14(25)4-3-7-24/h5-6,8,16,24H,3-4,7,9H2,1-2H3,(H,21,27)(H,22,25). The number of amides is 3. The molecule has 0 spiro atoms. The smallest absolute Gasteiger partial charge is 0.341 e. The predicted molar refractivity (Wildman–Crippen MR) is 94.9 cm³/mol. The Labute approximate surface area is 165 Å². The van der Waals surface area contributed by atoms with Crippen LogP contribution in [0.15, 0.2) is 29.5 Å². The summed E-state index contributed by atoms with van der Waals surface area (Å²) in [5.41, 5.74) is 2.29. The van der Waals surface area contributed by atoms with Gasteiger partial charge in [0.05, 0.1) is 25.0 Å². The van der Waals surface area contributed by atoms with Gasteiger partial charge in [0.15, 0.2) is 11.6 Å². The first-order valence-electron chi connectivity index (χ1n) is 8.59. The number of carbonyl (C=O) groups is 3. The van der Waals surface area contributed by atoms with Gasteiger partial charge in [0.1, 0.15) is 6.04 Å². The summed E-state index contributed by atoms with van der Waals surface area (Å²) in [6.45, 7) is -0.417. The van der Waals surface area contributed by atoms with Crippen LogP contribution in [0.2, 0.25) is 0 Å². The van der Waals surface area contributed by atoms with E-state index in [9.17, 15) is 23.2 Å². The number of hydrazine groups is 1. The van der Waals surface area contributed by atoms with Gasteiger partial charge >= 0.3 is 12.0 Å². The van der Waals surface area contributed by atoms with Crippen molar-refractivity contribution in [3.8, 4) is 0 Å². The van der Waals surface area contributed by atoms with Crippen LogP contribution in [0.5, 0.6) is 0 Å². The molecule has 0 aromatic heterocycles. The molecule has 0 radical (unpaired) electrons. The average molecular weight is 413 g/mol. The molecule has 9 nitrogen and oxygen atoms in total. The molecule has 158 valence electrons. The maximum absolute atomic E-state index is 13.9. The van der Waals surface area contributed by atoms with Gasteiger partial charge in [-0.2, -0.15) is 0 Å². The van der Waals surface area contributed by atoms with E-state index in [2.05, 4.69) is 10.7 Å². The first-order chi connectivity index (χ1) is 13.8. The molecule has 1 heterocycles. The number of aliphatic hydroxyl groups is 1. The number of carbonyl (C=O) groups excluding carboxylic acids is 3. The SMILES string of the molecule is COCC1=C(C(=O)OC)C(c2ccc(F)c(F)c2)N(NC(=O)CCCO)C(=O)N1. The van der Waals surface area contributed by atoms with Gasteiger partial charge in [-0.25, -0.2) is 23.4 Å². The summed E-state index contributed by atoms with van der Waals surface area (Å²) in [6, 6.07) is 0.709. The third-order valence-corrected chi connectivity index (χ3v) is 4.09. The lowest BCUT2D eigenvalue weighted by molar-refractivity contribution is -0.138. The summed E-state index contributed by atoms with van der Waals surface area (Å²) in [5.74, 6) is -3.80. The Bertz CT molecular complexity index is 830. The number of methoxy groups -OCH3 is 2. The summed E-state index contributed by atoms with van der Waals surface area (Å²) in [7, 11) is 2.45. The van der Waals surface area contributed by atoms with Crippen LogP contribution in [-0.4, -0.2) is 55.5 Å². The van der Waals surface area contributed by atoms with E-state index in [1.165, 1.54) is 13.2 Å². The number of nitrogens with one attached hydrogen (secondary N) is 2. The first kappa shape index (κ1) is 22.2. The topological polar surface area (TPSA) is 117 Å². The minimum absolute atomic E-state index is 0.0233. The van der Waals surface area contributed by atoms with Gasteiger partial charge in [0.25, 0.3) is 0 Å². The highest BCUT2D eigenvalue weighted by molar-refractivity contribution is 5.95. The Kier molecular flexibility index (Phi) is 7.62. The molecule has 2 rings (SSSR count). The van der Waals surface area contributed by atoms with Crippen molar-refractivity contribution in [2.24, 2.45) is 0 Å². The molecular formula is C18H21F2N3O6. The van der Waals surface area contributed by atoms with Crippen LogP contribution in [0.25, 0.3) is 0 Å². The van der Waals surface area contributed by atoms with Gasteiger partial charge < -0.3 is 19.9 Å². The van der Waals surface area contributed by atoms with Crippen LogP contribution in [-0.2, 0) is 19.1 Å². The fourth-order valence-electron chi connectivity index (χ4n) is 2.81. The highest BCUT2D eigenvalue weighted by Gasteiger charge is 2.41. The van der Waals surface area contributed by atoms with Crippen LogP contribution in [0.4, 0.5) is 13.6 Å². The third kappa shape index (κ3) is 5.06. The number of hydrogen-bond acceptors (Lipinski definition) is 6. The fourth-order valence-corrected chi connectivity index (χ4v) is 2.81. The Morgan fingerprint density at radius 1 is 1.28 bits per heavy atom. The molecule has 0 saturated carbocycles. The summed E-state index contributed by atoms with van der Waals surface area (Å²) in [4.78, 5) is 37.2. The molecule has 0 fully saturated rings. The monoisotopic (exact) mass is 413 g/mol. The molecule has 1 aliphatic rings. The van der Waals surface area contributed by atoms with Gasteiger partial charge in [-0.3, -0.25) is 10.2 Å². The van der Waals surface area contributed by atoms with Crippen LogP contribution < -0.4 is 10.7 Å². The highest BCUT2D eigenvalue weighted by Crippen LogP contribution is 2.34. The number of halogens is 2. The van der Waals surface area contributed by atoms with Crippen molar-refractivity contribution in [1.29, 1.82) is 0 Å². The van der Waals surface area contributed by atoms with E-state index >= 15 is 0 Å². The zero-order chi connectivity index (χ0) is 21.6. The van der Waals surface area contributed by atoms with Gasteiger partial charge in [0, 0.05) is 20.1 Å². The minimum atomic E-state index is -1.31. The molecule has 0 aliphatic carbocycles. The van der Waals surface area contributed by atoms with Crippen molar-refractivity contribution in [3.05, 3.63) is 46.7 Å². The normalized spacial score (nSPS) is 16.5. The summed E-state index contributed by atoms with van der Waals surface area (Å²) in [6.07, 6.45) is 0.0404. The molecule has 3 N–H and O–H groups in total. The Morgan fingerprint density at radius 2 is 2.00 bits per heavy atom. The second kappa shape index (κ2) is 9.94. The number of rotatable bonds is 8. The fraction of sp³-hybridized carbons (Fsp3) is 0.389. The lowest BCUT2D eigenvalue weighted by Gasteiger charge is -2.37. The number of ether oxygens (including phenoxy) is 2. The molecule has 3 amide bonds. The Balaban J connectivity index is 2.58. The van der Waals surface area contributed by atoms with Crippen LogP contribution in [0.1, 0.15) is 24.4 Å². The van der Waals surface area contributed by atoms with E-state index in [1.807, 2.05) is 0 Å².